The third-order valence-electron chi connectivity index (χ3n) is 2.37. The van der Waals surface area contributed by atoms with Crippen LogP contribution in [0.3, 0.4) is 0 Å². The van der Waals surface area contributed by atoms with E-state index < -0.39 is 16.0 Å². The molecule has 0 aliphatic carbocycles. The van der Waals surface area contributed by atoms with Crippen LogP contribution in [0.25, 0.3) is 0 Å². The van der Waals surface area contributed by atoms with Crippen molar-refractivity contribution in [3.05, 3.63) is 23.8 Å². The van der Waals surface area contributed by atoms with Gasteiger partial charge in [0, 0.05) is 19.7 Å². The van der Waals surface area contributed by atoms with Gasteiger partial charge in [-0.05, 0) is 18.2 Å². The van der Waals surface area contributed by atoms with Crippen LogP contribution in [0, 0.1) is 0 Å². The zero-order valence-electron chi connectivity index (χ0n) is 10.4. The summed E-state index contributed by atoms with van der Waals surface area (Å²) in [6, 6.07) is 4.16. The van der Waals surface area contributed by atoms with Crippen molar-refractivity contribution in [1.82, 2.24) is 4.31 Å². The minimum Gasteiger partial charge on any atom is -0.496 e. The number of hydrogen-bond acceptors (Lipinski definition) is 4. The maximum atomic E-state index is 11.9. The fraction of sp³-hybridized carbons (Fsp3) is 0.364. The van der Waals surface area contributed by atoms with Crippen molar-refractivity contribution in [3.63, 3.8) is 0 Å². The molecule has 0 aliphatic heterocycles. The van der Waals surface area contributed by atoms with Crippen molar-refractivity contribution in [3.8, 4) is 5.75 Å². The molecule has 0 bridgehead atoms. The first-order chi connectivity index (χ1) is 8.28. The summed E-state index contributed by atoms with van der Waals surface area (Å²) in [7, 11) is 0.655. The molecule has 0 saturated carbocycles. The van der Waals surface area contributed by atoms with Gasteiger partial charge in [0.1, 0.15) is 5.75 Å². The van der Waals surface area contributed by atoms with Gasteiger partial charge >= 0.3 is 5.97 Å². The zero-order chi connectivity index (χ0) is 13.9. The lowest BCUT2D eigenvalue weighted by atomic mass is 10.1. The van der Waals surface area contributed by atoms with Gasteiger partial charge in [-0.15, -0.1) is 0 Å². The molecular formula is C11H15NO5S. The third-order valence-corrected chi connectivity index (χ3v) is 4.18. The zero-order valence-corrected chi connectivity index (χ0v) is 11.2. The molecule has 0 atom stereocenters. The molecule has 0 fully saturated rings. The van der Waals surface area contributed by atoms with E-state index in [1.165, 1.54) is 39.4 Å². The Morgan fingerprint density at radius 2 is 2.00 bits per heavy atom. The van der Waals surface area contributed by atoms with E-state index in [2.05, 4.69) is 0 Å². The van der Waals surface area contributed by atoms with Gasteiger partial charge in [0.15, 0.2) is 0 Å². The van der Waals surface area contributed by atoms with E-state index in [0.717, 1.165) is 4.31 Å². The largest absolute Gasteiger partial charge is 0.496 e. The summed E-state index contributed by atoms with van der Waals surface area (Å²) in [5.74, 6) is -0.692. The van der Waals surface area contributed by atoms with E-state index in [1.807, 2.05) is 0 Å². The summed E-state index contributed by atoms with van der Waals surface area (Å²) in [5.41, 5.74) is 0.327. The summed E-state index contributed by atoms with van der Waals surface area (Å²) < 4.78 is 29.9. The number of carbonyl (C=O) groups is 1. The number of aliphatic carboxylic acids is 1. The lowest BCUT2D eigenvalue weighted by molar-refractivity contribution is -0.136. The Kier molecular flexibility index (Phi) is 4.31. The first-order valence-electron chi connectivity index (χ1n) is 5.10. The molecule has 6 nitrogen and oxygen atoms in total. The molecule has 0 saturated heterocycles. The van der Waals surface area contributed by atoms with E-state index in [0.29, 0.717) is 11.3 Å². The van der Waals surface area contributed by atoms with E-state index in [1.54, 1.807) is 0 Å². The molecule has 0 aliphatic rings. The predicted octanol–water partition coefficient (Wildman–Crippen LogP) is 0.573. The first kappa shape index (κ1) is 14.5. The maximum Gasteiger partial charge on any atom is 0.307 e. The summed E-state index contributed by atoms with van der Waals surface area (Å²) in [6.07, 6.45) is -0.292. The Labute approximate surface area is 106 Å². The third kappa shape index (κ3) is 2.99. The highest BCUT2D eigenvalue weighted by molar-refractivity contribution is 7.89. The average Bonchev–Trinajstić information content (AvgIpc) is 2.27. The number of carboxylic acid groups (broad SMARTS) is 1. The molecule has 18 heavy (non-hydrogen) atoms. The highest BCUT2D eigenvalue weighted by Crippen LogP contribution is 2.24. The van der Waals surface area contributed by atoms with Crippen LogP contribution in [0.5, 0.6) is 5.75 Å². The Morgan fingerprint density at radius 3 is 2.44 bits per heavy atom. The topological polar surface area (TPSA) is 83.9 Å². The van der Waals surface area contributed by atoms with Crippen LogP contribution < -0.4 is 4.74 Å². The van der Waals surface area contributed by atoms with Crippen LogP contribution in [0.4, 0.5) is 0 Å². The van der Waals surface area contributed by atoms with Crippen LogP contribution in [0.15, 0.2) is 23.1 Å². The molecule has 0 heterocycles. The quantitative estimate of drug-likeness (QED) is 0.848. The number of benzene rings is 1. The lowest BCUT2D eigenvalue weighted by Gasteiger charge is -2.13. The number of carboxylic acids is 1. The first-order valence-corrected chi connectivity index (χ1v) is 6.54. The van der Waals surface area contributed by atoms with Gasteiger partial charge in [-0.1, -0.05) is 0 Å². The molecule has 0 amide bonds. The maximum absolute atomic E-state index is 11.9. The van der Waals surface area contributed by atoms with Crippen LogP contribution in [0.2, 0.25) is 0 Å². The molecule has 0 spiro atoms. The minimum absolute atomic E-state index is 0.0459. The summed E-state index contributed by atoms with van der Waals surface area (Å²) >= 11 is 0. The van der Waals surface area contributed by atoms with Crippen LogP contribution in [-0.2, 0) is 21.2 Å². The van der Waals surface area contributed by atoms with Gasteiger partial charge in [0.05, 0.1) is 18.4 Å². The minimum atomic E-state index is -3.58. The summed E-state index contributed by atoms with van der Waals surface area (Å²) in [4.78, 5) is 10.8. The Balaban J connectivity index is 3.31. The summed E-state index contributed by atoms with van der Waals surface area (Å²) in [5, 5.41) is 8.77. The Morgan fingerprint density at radius 1 is 1.39 bits per heavy atom. The van der Waals surface area contributed by atoms with Gasteiger partial charge in [0.25, 0.3) is 0 Å². The molecule has 7 heteroatoms. The fourth-order valence-corrected chi connectivity index (χ4v) is 2.38. The van der Waals surface area contributed by atoms with E-state index in [4.69, 9.17) is 9.84 Å². The number of methoxy groups -OCH3 is 1. The molecule has 1 aromatic rings. The smallest absolute Gasteiger partial charge is 0.307 e. The van der Waals surface area contributed by atoms with Gasteiger partial charge < -0.3 is 9.84 Å². The number of rotatable bonds is 5. The second kappa shape index (κ2) is 5.36. The molecule has 0 radical (unpaired) electrons. The van der Waals surface area contributed by atoms with E-state index >= 15 is 0 Å². The number of hydrogen-bond donors (Lipinski definition) is 1. The Hall–Kier alpha value is -1.60. The van der Waals surface area contributed by atoms with Crippen molar-refractivity contribution < 1.29 is 23.1 Å². The van der Waals surface area contributed by atoms with Crippen molar-refractivity contribution in [2.45, 2.75) is 11.3 Å². The molecule has 1 N–H and O–H groups in total. The standard InChI is InChI=1S/C11H15NO5S/c1-12(2)18(15,16)9-4-5-10(17-3)8(6-9)7-11(13)14/h4-6H,7H2,1-3H3,(H,13,14). The number of sulfonamides is 1. The molecule has 1 rings (SSSR count). The normalized spacial score (nSPS) is 11.6. The molecule has 1 aromatic carbocycles. The summed E-state index contributed by atoms with van der Waals surface area (Å²) in [6.45, 7) is 0. The predicted molar refractivity (Wildman–Crippen MR) is 65.2 cm³/mol. The monoisotopic (exact) mass is 273 g/mol. The molecule has 0 unspecified atom stereocenters. The van der Waals surface area contributed by atoms with Crippen LogP contribution >= 0.6 is 0 Å². The van der Waals surface area contributed by atoms with Crippen molar-refractivity contribution in [2.75, 3.05) is 21.2 Å². The molecular weight excluding hydrogens is 258 g/mol. The van der Waals surface area contributed by atoms with Crippen molar-refractivity contribution >= 4 is 16.0 Å². The van der Waals surface area contributed by atoms with Crippen LogP contribution in [0.1, 0.15) is 5.56 Å². The van der Waals surface area contributed by atoms with E-state index in [-0.39, 0.29) is 11.3 Å². The van der Waals surface area contributed by atoms with Gasteiger partial charge in [-0.2, -0.15) is 0 Å². The van der Waals surface area contributed by atoms with Gasteiger partial charge in [0.2, 0.25) is 10.0 Å². The lowest BCUT2D eigenvalue weighted by Crippen LogP contribution is -2.22. The van der Waals surface area contributed by atoms with Gasteiger partial charge in [-0.25, -0.2) is 12.7 Å². The fourth-order valence-electron chi connectivity index (χ4n) is 1.43. The van der Waals surface area contributed by atoms with Gasteiger partial charge in [-0.3, -0.25) is 4.79 Å². The molecule has 100 valence electrons. The molecule has 0 aromatic heterocycles. The van der Waals surface area contributed by atoms with Crippen molar-refractivity contribution in [2.24, 2.45) is 0 Å². The number of nitrogens with zero attached hydrogens (tertiary/aromatic N) is 1. The number of ether oxygens (including phenoxy) is 1. The second-order valence-electron chi connectivity index (χ2n) is 3.83. The second-order valence-corrected chi connectivity index (χ2v) is 5.98. The SMILES string of the molecule is COc1ccc(S(=O)(=O)N(C)C)cc1CC(=O)O. The van der Waals surface area contributed by atoms with Crippen molar-refractivity contribution in [1.29, 1.82) is 0 Å². The van der Waals surface area contributed by atoms with E-state index in [9.17, 15) is 13.2 Å². The average molecular weight is 273 g/mol. The Bertz CT molecular complexity index is 551. The highest BCUT2D eigenvalue weighted by atomic mass is 32.2. The van der Waals surface area contributed by atoms with Crippen LogP contribution in [-0.4, -0.2) is 45.0 Å². The highest BCUT2D eigenvalue weighted by Gasteiger charge is 2.19.